The van der Waals surface area contributed by atoms with E-state index in [9.17, 15) is 9.59 Å². The molecular formula is C23H19ClN2O2S. The smallest absolute Gasteiger partial charge is 0.282 e. The Bertz CT molecular complexity index is 1170. The summed E-state index contributed by atoms with van der Waals surface area (Å²) in [5.74, 6) is -0.740. The SMILES string of the molecule is Cc1ccc(NC2=C(c3cccs3)C(=O)N(c3cccc(Cl)c3C)C2=O)cc1C. The lowest BCUT2D eigenvalue weighted by molar-refractivity contribution is -0.120. The second-order valence-electron chi connectivity index (χ2n) is 6.98. The lowest BCUT2D eigenvalue weighted by Gasteiger charge is -2.18. The maximum absolute atomic E-state index is 13.4. The van der Waals surface area contributed by atoms with E-state index in [2.05, 4.69) is 5.32 Å². The Kier molecular flexibility index (Phi) is 5.03. The van der Waals surface area contributed by atoms with E-state index in [4.69, 9.17) is 11.6 Å². The lowest BCUT2D eigenvalue weighted by Crippen LogP contribution is -2.33. The minimum absolute atomic E-state index is 0.278. The standard InChI is InChI=1S/C23H19ClN2O2S/c1-13-9-10-16(12-14(13)2)25-21-20(19-8-5-11-29-19)22(27)26(23(21)28)18-7-4-6-17(24)15(18)3/h4-12,25H,1-3H3. The van der Waals surface area contributed by atoms with Crippen LogP contribution in [0.25, 0.3) is 5.57 Å². The van der Waals surface area contributed by atoms with Gasteiger partial charge in [-0.3, -0.25) is 9.59 Å². The first-order valence-corrected chi connectivity index (χ1v) is 10.4. The van der Waals surface area contributed by atoms with Crippen molar-refractivity contribution in [2.24, 2.45) is 0 Å². The van der Waals surface area contributed by atoms with Crippen LogP contribution >= 0.6 is 22.9 Å². The number of hydrogen-bond acceptors (Lipinski definition) is 4. The maximum Gasteiger partial charge on any atom is 0.282 e. The zero-order valence-electron chi connectivity index (χ0n) is 16.2. The molecule has 0 saturated carbocycles. The lowest BCUT2D eigenvalue weighted by atomic mass is 10.1. The predicted octanol–water partition coefficient (Wildman–Crippen LogP) is 5.72. The van der Waals surface area contributed by atoms with Gasteiger partial charge in [-0.2, -0.15) is 0 Å². The quantitative estimate of drug-likeness (QED) is 0.547. The Balaban J connectivity index is 1.83. The average Bonchev–Trinajstić information content (AvgIpc) is 3.28. The maximum atomic E-state index is 13.4. The first-order chi connectivity index (χ1) is 13.9. The monoisotopic (exact) mass is 422 g/mol. The number of rotatable bonds is 4. The van der Waals surface area contributed by atoms with Gasteiger partial charge in [0.25, 0.3) is 11.8 Å². The van der Waals surface area contributed by atoms with Crippen LogP contribution in [0.1, 0.15) is 21.6 Å². The molecule has 0 radical (unpaired) electrons. The summed E-state index contributed by atoms with van der Waals surface area (Å²) in [6.45, 7) is 5.85. The number of anilines is 2. The van der Waals surface area contributed by atoms with E-state index in [0.717, 1.165) is 21.7 Å². The van der Waals surface area contributed by atoms with Crippen molar-refractivity contribution in [1.82, 2.24) is 0 Å². The van der Waals surface area contributed by atoms with Crippen molar-refractivity contribution in [1.29, 1.82) is 0 Å². The largest absolute Gasteiger partial charge is 0.350 e. The topological polar surface area (TPSA) is 49.4 Å². The van der Waals surface area contributed by atoms with Crippen LogP contribution in [0.2, 0.25) is 5.02 Å². The number of imide groups is 1. The van der Waals surface area contributed by atoms with Crippen molar-refractivity contribution in [2.75, 3.05) is 10.2 Å². The molecule has 1 aliphatic rings. The van der Waals surface area contributed by atoms with Crippen LogP contribution in [0.15, 0.2) is 59.6 Å². The number of hydrogen-bond donors (Lipinski definition) is 1. The van der Waals surface area contributed by atoms with Crippen LogP contribution in [0.5, 0.6) is 0 Å². The molecular weight excluding hydrogens is 404 g/mol. The summed E-state index contributed by atoms with van der Waals surface area (Å²) in [5.41, 5.74) is 4.87. The van der Waals surface area contributed by atoms with Crippen molar-refractivity contribution in [3.63, 3.8) is 0 Å². The van der Waals surface area contributed by atoms with Crippen molar-refractivity contribution < 1.29 is 9.59 Å². The molecule has 0 saturated heterocycles. The van der Waals surface area contributed by atoms with E-state index in [1.165, 1.54) is 16.2 Å². The van der Waals surface area contributed by atoms with Crippen LogP contribution < -0.4 is 10.2 Å². The van der Waals surface area contributed by atoms with Gasteiger partial charge in [-0.15, -0.1) is 11.3 Å². The number of thiophene rings is 1. The molecule has 0 bridgehead atoms. The number of halogens is 1. The van der Waals surface area contributed by atoms with E-state index >= 15 is 0 Å². The first-order valence-electron chi connectivity index (χ1n) is 9.15. The molecule has 29 heavy (non-hydrogen) atoms. The number of nitrogens with zero attached hydrogens (tertiary/aromatic N) is 1. The van der Waals surface area contributed by atoms with Gasteiger partial charge in [0, 0.05) is 15.6 Å². The molecule has 2 heterocycles. The summed E-state index contributed by atoms with van der Waals surface area (Å²) < 4.78 is 0. The van der Waals surface area contributed by atoms with Crippen LogP contribution in [0.4, 0.5) is 11.4 Å². The van der Waals surface area contributed by atoms with E-state index in [-0.39, 0.29) is 17.5 Å². The fraction of sp³-hybridized carbons (Fsp3) is 0.130. The Morgan fingerprint density at radius 1 is 0.931 bits per heavy atom. The molecule has 4 rings (SSSR count). The highest BCUT2D eigenvalue weighted by molar-refractivity contribution is 7.11. The number of amides is 2. The molecule has 0 aliphatic carbocycles. The number of carbonyl (C=O) groups is 2. The second kappa shape index (κ2) is 7.50. The van der Waals surface area contributed by atoms with Gasteiger partial charge in [0.2, 0.25) is 0 Å². The number of nitrogens with one attached hydrogen (secondary N) is 1. The normalized spacial score (nSPS) is 14.1. The molecule has 3 aromatic rings. The van der Waals surface area contributed by atoms with E-state index < -0.39 is 0 Å². The highest BCUT2D eigenvalue weighted by Crippen LogP contribution is 2.38. The van der Waals surface area contributed by atoms with Gasteiger partial charge in [0.15, 0.2) is 0 Å². The van der Waals surface area contributed by atoms with E-state index in [1.54, 1.807) is 25.1 Å². The highest BCUT2D eigenvalue weighted by atomic mass is 35.5. The van der Waals surface area contributed by atoms with E-state index in [0.29, 0.717) is 21.8 Å². The Labute approximate surface area is 178 Å². The van der Waals surface area contributed by atoms with Gasteiger partial charge in [0.05, 0.1) is 11.3 Å². The first kappa shape index (κ1) is 19.4. The summed E-state index contributed by atoms with van der Waals surface area (Å²) in [6, 6.07) is 14.8. The molecule has 1 N–H and O–H groups in total. The summed E-state index contributed by atoms with van der Waals surface area (Å²) in [7, 11) is 0. The second-order valence-corrected chi connectivity index (χ2v) is 8.34. The van der Waals surface area contributed by atoms with Gasteiger partial charge in [-0.1, -0.05) is 29.8 Å². The van der Waals surface area contributed by atoms with Crippen molar-refractivity contribution in [3.05, 3.63) is 86.2 Å². The molecule has 6 heteroatoms. The Morgan fingerprint density at radius 2 is 1.72 bits per heavy atom. The third-order valence-electron chi connectivity index (χ3n) is 5.11. The third-order valence-corrected chi connectivity index (χ3v) is 6.40. The van der Waals surface area contributed by atoms with Crippen LogP contribution in [-0.2, 0) is 9.59 Å². The molecule has 0 fully saturated rings. The molecule has 4 nitrogen and oxygen atoms in total. The fourth-order valence-corrected chi connectivity index (χ4v) is 4.25. The highest BCUT2D eigenvalue weighted by Gasteiger charge is 2.41. The molecule has 2 amide bonds. The van der Waals surface area contributed by atoms with E-state index in [1.807, 2.05) is 49.6 Å². The van der Waals surface area contributed by atoms with Crippen molar-refractivity contribution >= 4 is 51.7 Å². The zero-order chi connectivity index (χ0) is 20.7. The Hall–Kier alpha value is -2.89. The predicted molar refractivity (Wildman–Crippen MR) is 119 cm³/mol. The summed E-state index contributed by atoms with van der Waals surface area (Å²) >= 11 is 7.67. The van der Waals surface area contributed by atoms with Crippen molar-refractivity contribution in [3.8, 4) is 0 Å². The third kappa shape index (κ3) is 3.37. The van der Waals surface area contributed by atoms with Crippen LogP contribution in [0, 0.1) is 20.8 Å². The number of aryl methyl sites for hydroxylation is 2. The van der Waals surface area contributed by atoms with Gasteiger partial charge in [0.1, 0.15) is 5.70 Å². The molecule has 1 aliphatic heterocycles. The zero-order valence-corrected chi connectivity index (χ0v) is 17.8. The minimum atomic E-state index is -0.387. The molecule has 0 spiro atoms. The van der Waals surface area contributed by atoms with Gasteiger partial charge in [-0.25, -0.2) is 4.90 Å². The van der Waals surface area contributed by atoms with Gasteiger partial charge in [-0.05, 0) is 73.2 Å². The molecule has 2 aromatic carbocycles. The minimum Gasteiger partial charge on any atom is -0.350 e. The number of carbonyl (C=O) groups excluding carboxylic acids is 2. The summed E-state index contributed by atoms with van der Waals surface area (Å²) in [6.07, 6.45) is 0. The molecule has 146 valence electrons. The van der Waals surface area contributed by atoms with Crippen LogP contribution in [0.3, 0.4) is 0 Å². The number of benzene rings is 2. The molecule has 0 atom stereocenters. The van der Waals surface area contributed by atoms with Crippen molar-refractivity contribution in [2.45, 2.75) is 20.8 Å². The Morgan fingerprint density at radius 3 is 2.41 bits per heavy atom. The molecule has 1 aromatic heterocycles. The summed E-state index contributed by atoms with van der Waals surface area (Å²) in [4.78, 5) is 28.7. The van der Waals surface area contributed by atoms with Gasteiger partial charge < -0.3 is 5.32 Å². The summed E-state index contributed by atoms with van der Waals surface area (Å²) in [5, 5.41) is 5.60. The van der Waals surface area contributed by atoms with Crippen LogP contribution in [-0.4, -0.2) is 11.8 Å². The van der Waals surface area contributed by atoms with Gasteiger partial charge >= 0.3 is 0 Å². The fourth-order valence-electron chi connectivity index (χ4n) is 3.32. The average molecular weight is 423 g/mol. The molecule has 0 unspecified atom stereocenters.